The molecule has 3 N–H and O–H groups in total. The summed E-state index contributed by atoms with van der Waals surface area (Å²) in [5.74, 6) is -1.11. The molecule has 1 aliphatic heterocycles. The Bertz CT molecular complexity index is 1420. The van der Waals surface area contributed by atoms with E-state index in [-0.39, 0.29) is 29.6 Å². The van der Waals surface area contributed by atoms with Crippen LogP contribution in [0, 0.1) is 0 Å². The van der Waals surface area contributed by atoms with E-state index in [4.69, 9.17) is 0 Å². The molecular formula is C34H40N4O5. The number of likely N-dealkylation sites (tertiary alicyclic amines) is 1. The molecular weight excluding hydrogens is 544 g/mol. The smallest absolute Gasteiger partial charge is 0.250 e. The number of nitrogens with one attached hydrogen (secondary N) is 1. The molecule has 2 heterocycles. The number of nitrogens with zero attached hydrogens (tertiary/aromatic N) is 3. The molecule has 3 amide bonds. The first kappa shape index (κ1) is 31.4. The van der Waals surface area contributed by atoms with Crippen LogP contribution in [0.15, 0.2) is 85.7 Å². The number of pyridine rings is 1. The van der Waals surface area contributed by atoms with Crippen molar-refractivity contribution >= 4 is 23.4 Å². The molecule has 0 aliphatic carbocycles. The van der Waals surface area contributed by atoms with Crippen molar-refractivity contribution < 1.29 is 24.6 Å². The van der Waals surface area contributed by atoms with Gasteiger partial charge in [0.1, 0.15) is 17.8 Å². The molecule has 4 rings (SSSR count). The minimum absolute atomic E-state index is 0.118. The number of phenolic OH excluding ortho intramolecular Hbond substituents is 1. The molecule has 1 aliphatic rings. The van der Waals surface area contributed by atoms with E-state index in [1.54, 1.807) is 48.8 Å². The van der Waals surface area contributed by atoms with Crippen LogP contribution in [0.1, 0.15) is 56.3 Å². The Hall–Kier alpha value is -4.50. The Morgan fingerprint density at radius 2 is 1.81 bits per heavy atom. The zero-order valence-corrected chi connectivity index (χ0v) is 24.9. The first-order valence-electron chi connectivity index (χ1n) is 14.5. The van der Waals surface area contributed by atoms with Gasteiger partial charge < -0.3 is 20.4 Å². The molecule has 0 radical (unpaired) electrons. The normalized spacial score (nSPS) is 16.3. The SMILES string of the molecule is C=CC(=O)N1CCCC1C(=O)N(c1ccc(C(C)(C)C)cc1)C(C(=O)NC(CO)Cc1ccc(O)cc1)c1cccnc1. The second kappa shape index (κ2) is 13.6. The van der Waals surface area contributed by atoms with Gasteiger partial charge >= 0.3 is 0 Å². The molecule has 3 atom stereocenters. The van der Waals surface area contributed by atoms with Gasteiger partial charge in [-0.15, -0.1) is 0 Å². The Morgan fingerprint density at radius 3 is 2.40 bits per heavy atom. The van der Waals surface area contributed by atoms with Crippen LogP contribution >= 0.6 is 0 Å². The van der Waals surface area contributed by atoms with Crippen LogP contribution in [-0.4, -0.2) is 63.1 Å². The molecule has 0 bridgehead atoms. The Kier molecular flexibility index (Phi) is 9.98. The van der Waals surface area contributed by atoms with E-state index in [2.05, 4.69) is 37.7 Å². The first-order chi connectivity index (χ1) is 20.5. The van der Waals surface area contributed by atoms with Gasteiger partial charge in [-0.2, -0.15) is 0 Å². The highest BCUT2D eigenvalue weighted by atomic mass is 16.3. The van der Waals surface area contributed by atoms with Crippen molar-refractivity contribution in [2.75, 3.05) is 18.1 Å². The highest BCUT2D eigenvalue weighted by molar-refractivity contribution is 6.05. The largest absolute Gasteiger partial charge is 0.508 e. The third kappa shape index (κ3) is 7.48. The lowest BCUT2D eigenvalue weighted by molar-refractivity contribution is -0.135. The van der Waals surface area contributed by atoms with Gasteiger partial charge in [0.05, 0.1) is 12.6 Å². The van der Waals surface area contributed by atoms with Crippen LogP contribution in [0.4, 0.5) is 5.69 Å². The van der Waals surface area contributed by atoms with Gasteiger partial charge in [-0.25, -0.2) is 0 Å². The van der Waals surface area contributed by atoms with Crippen molar-refractivity contribution in [2.24, 2.45) is 0 Å². The number of phenols is 1. The second-order valence-corrected chi connectivity index (χ2v) is 11.8. The summed E-state index contributed by atoms with van der Waals surface area (Å²) in [5.41, 5.74) is 2.72. The molecule has 43 heavy (non-hydrogen) atoms. The van der Waals surface area contributed by atoms with Crippen LogP contribution in [-0.2, 0) is 26.2 Å². The maximum absolute atomic E-state index is 14.5. The van der Waals surface area contributed by atoms with Gasteiger partial charge in [-0.1, -0.05) is 57.7 Å². The summed E-state index contributed by atoms with van der Waals surface area (Å²) in [7, 11) is 0. The standard InChI is InChI=1S/C34H40N4O5/c1-5-30(41)37-19-7-9-29(37)33(43)38(27-14-12-25(13-15-27)34(2,3)4)31(24-8-6-18-35-21-24)32(42)36-26(22-39)20-23-10-16-28(40)17-11-23/h5-6,8,10-18,21,26,29,31,39-40H,1,7,9,19-20,22H2,2-4H3,(H,36,42). The number of benzene rings is 2. The lowest BCUT2D eigenvalue weighted by Crippen LogP contribution is -2.53. The maximum atomic E-state index is 14.5. The summed E-state index contributed by atoms with van der Waals surface area (Å²) in [5, 5.41) is 22.8. The number of carbonyl (C=O) groups excluding carboxylic acids is 3. The van der Waals surface area contributed by atoms with Crippen molar-refractivity contribution in [1.82, 2.24) is 15.2 Å². The van der Waals surface area contributed by atoms with Crippen molar-refractivity contribution in [3.63, 3.8) is 0 Å². The predicted molar refractivity (Wildman–Crippen MR) is 165 cm³/mol. The molecule has 9 nitrogen and oxygen atoms in total. The minimum atomic E-state index is -1.14. The van der Waals surface area contributed by atoms with E-state index in [0.717, 1.165) is 11.1 Å². The van der Waals surface area contributed by atoms with Gasteiger partial charge in [0.25, 0.3) is 5.91 Å². The summed E-state index contributed by atoms with van der Waals surface area (Å²) < 4.78 is 0. The van der Waals surface area contributed by atoms with Crippen molar-refractivity contribution in [2.45, 2.75) is 63.6 Å². The Balaban J connectivity index is 1.77. The summed E-state index contributed by atoms with van der Waals surface area (Å²) in [4.78, 5) is 48.6. The molecule has 2 aromatic carbocycles. The third-order valence-electron chi connectivity index (χ3n) is 7.74. The maximum Gasteiger partial charge on any atom is 0.250 e. The average Bonchev–Trinajstić information content (AvgIpc) is 3.50. The lowest BCUT2D eigenvalue weighted by Gasteiger charge is -2.36. The molecule has 3 unspecified atom stereocenters. The zero-order chi connectivity index (χ0) is 31.1. The molecule has 1 aromatic heterocycles. The number of hydrogen-bond donors (Lipinski definition) is 3. The highest BCUT2D eigenvalue weighted by Gasteiger charge is 2.41. The molecule has 1 fully saturated rings. The van der Waals surface area contributed by atoms with Crippen molar-refractivity contribution in [1.29, 1.82) is 0 Å². The van der Waals surface area contributed by atoms with Crippen LogP contribution in [0.5, 0.6) is 5.75 Å². The van der Waals surface area contributed by atoms with Gasteiger partial charge in [-0.3, -0.25) is 24.3 Å². The number of amides is 3. The predicted octanol–water partition coefficient (Wildman–Crippen LogP) is 4.06. The molecule has 0 spiro atoms. The summed E-state index contributed by atoms with van der Waals surface area (Å²) in [6, 6.07) is 14.9. The molecule has 3 aromatic rings. The van der Waals surface area contributed by atoms with Gasteiger partial charge in [0.15, 0.2) is 0 Å². The van der Waals surface area contributed by atoms with E-state index >= 15 is 0 Å². The number of aliphatic hydroxyl groups excluding tert-OH is 1. The number of aromatic hydroxyl groups is 1. The minimum Gasteiger partial charge on any atom is -0.508 e. The number of hydrogen-bond acceptors (Lipinski definition) is 6. The molecule has 0 saturated carbocycles. The fourth-order valence-corrected chi connectivity index (χ4v) is 5.40. The van der Waals surface area contributed by atoms with E-state index in [0.29, 0.717) is 37.1 Å². The Morgan fingerprint density at radius 1 is 1.12 bits per heavy atom. The molecule has 9 heteroatoms. The zero-order valence-electron chi connectivity index (χ0n) is 24.9. The monoisotopic (exact) mass is 584 g/mol. The second-order valence-electron chi connectivity index (χ2n) is 11.8. The number of aliphatic hydroxyl groups is 1. The van der Waals surface area contributed by atoms with Crippen LogP contribution < -0.4 is 10.2 Å². The number of aromatic nitrogens is 1. The first-order valence-corrected chi connectivity index (χ1v) is 14.5. The summed E-state index contributed by atoms with van der Waals surface area (Å²) in [6.45, 7) is 9.96. The van der Waals surface area contributed by atoms with Crippen LogP contribution in [0.25, 0.3) is 0 Å². The van der Waals surface area contributed by atoms with Gasteiger partial charge in [-0.05, 0) is 72.2 Å². The number of carbonyl (C=O) groups is 3. The Labute approximate surface area is 252 Å². The van der Waals surface area contributed by atoms with E-state index in [9.17, 15) is 24.6 Å². The third-order valence-corrected chi connectivity index (χ3v) is 7.74. The highest BCUT2D eigenvalue weighted by Crippen LogP contribution is 2.33. The van der Waals surface area contributed by atoms with E-state index < -0.39 is 24.0 Å². The average molecular weight is 585 g/mol. The van der Waals surface area contributed by atoms with E-state index in [1.165, 1.54) is 15.9 Å². The number of anilines is 1. The fourth-order valence-electron chi connectivity index (χ4n) is 5.40. The van der Waals surface area contributed by atoms with Crippen LogP contribution in [0.3, 0.4) is 0 Å². The quantitative estimate of drug-likeness (QED) is 0.309. The van der Waals surface area contributed by atoms with Crippen LogP contribution in [0.2, 0.25) is 0 Å². The topological polar surface area (TPSA) is 123 Å². The lowest BCUT2D eigenvalue weighted by atomic mass is 9.87. The molecule has 1 saturated heterocycles. The van der Waals surface area contributed by atoms with Crippen molar-refractivity contribution in [3.8, 4) is 5.75 Å². The van der Waals surface area contributed by atoms with E-state index in [1.807, 2.05) is 24.3 Å². The fraction of sp³-hybridized carbons (Fsp3) is 0.353. The summed E-state index contributed by atoms with van der Waals surface area (Å²) >= 11 is 0. The summed E-state index contributed by atoms with van der Waals surface area (Å²) in [6.07, 6.45) is 5.75. The number of rotatable bonds is 10. The van der Waals surface area contributed by atoms with Gasteiger partial charge in [0.2, 0.25) is 11.8 Å². The van der Waals surface area contributed by atoms with Crippen molar-refractivity contribution in [3.05, 3.63) is 102 Å². The molecule has 226 valence electrons. The van der Waals surface area contributed by atoms with Gasteiger partial charge in [0, 0.05) is 30.2 Å².